The summed E-state index contributed by atoms with van der Waals surface area (Å²) in [4.78, 5) is 4.50. The maximum absolute atomic E-state index is 9.10. The third kappa shape index (κ3) is 3.28. The summed E-state index contributed by atoms with van der Waals surface area (Å²) in [5.41, 5.74) is 4.10. The lowest BCUT2D eigenvalue weighted by Crippen LogP contribution is -2.06. The molecule has 0 unspecified atom stereocenters. The maximum atomic E-state index is 9.10. The lowest BCUT2D eigenvalue weighted by atomic mass is 10.1. The van der Waals surface area contributed by atoms with Crippen molar-refractivity contribution in [3.05, 3.63) is 76.6 Å². The van der Waals surface area contributed by atoms with Crippen molar-refractivity contribution < 1.29 is 0 Å². The Balaban J connectivity index is 2.10. The molecule has 0 saturated carbocycles. The van der Waals surface area contributed by atoms with Gasteiger partial charge in [0.25, 0.3) is 0 Å². The number of benzene rings is 2. The number of nitrogens with zero attached hydrogens (tertiary/aromatic N) is 3. The number of aryl methyl sites for hydroxylation is 1. The Bertz CT molecular complexity index is 843. The fraction of sp³-hybridized carbons (Fsp3) is 0.158. The first-order valence-electron chi connectivity index (χ1n) is 7.42. The average molecular weight is 322 g/mol. The zero-order valence-corrected chi connectivity index (χ0v) is 13.6. The fourth-order valence-corrected chi connectivity index (χ4v) is 2.81. The molecule has 0 N–H and O–H groups in total. The number of nitriles is 1. The van der Waals surface area contributed by atoms with Gasteiger partial charge in [-0.15, -0.1) is 0 Å². The molecular formula is C19H16ClN3. The van der Waals surface area contributed by atoms with Crippen molar-refractivity contribution in [2.24, 2.45) is 0 Å². The Labute approximate surface area is 140 Å². The van der Waals surface area contributed by atoms with E-state index in [4.69, 9.17) is 16.9 Å². The quantitative estimate of drug-likeness (QED) is 0.703. The molecule has 0 aliphatic carbocycles. The molecule has 1 aromatic heterocycles. The summed E-state index contributed by atoms with van der Waals surface area (Å²) in [6.07, 6.45) is 0.241. The zero-order chi connectivity index (χ0) is 16.2. The van der Waals surface area contributed by atoms with Gasteiger partial charge >= 0.3 is 0 Å². The predicted molar refractivity (Wildman–Crippen MR) is 92.3 cm³/mol. The number of hydrogen-bond donors (Lipinski definition) is 0. The van der Waals surface area contributed by atoms with Crippen molar-refractivity contribution in [3.63, 3.8) is 0 Å². The van der Waals surface area contributed by atoms with Gasteiger partial charge < -0.3 is 4.57 Å². The van der Waals surface area contributed by atoms with Crippen LogP contribution in [0, 0.1) is 18.3 Å². The SMILES string of the molecule is Cc1ccc(-c2nc(Cl)c(CC#N)n2Cc2ccccc2)cc1. The summed E-state index contributed by atoms with van der Waals surface area (Å²) >= 11 is 6.29. The van der Waals surface area contributed by atoms with Crippen molar-refractivity contribution >= 4 is 11.6 Å². The first-order chi connectivity index (χ1) is 11.2. The highest BCUT2D eigenvalue weighted by Gasteiger charge is 2.17. The van der Waals surface area contributed by atoms with E-state index in [9.17, 15) is 0 Å². The van der Waals surface area contributed by atoms with Gasteiger partial charge in [0.05, 0.1) is 18.2 Å². The van der Waals surface area contributed by atoms with Crippen molar-refractivity contribution in [3.8, 4) is 17.5 Å². The molecule has 0 aliphatic rings. The lowest BCUT2D eigenvalue weighted by Gasteiger charge is -2.11. The zero-order valence-electron chi connectivity index (χ0n) is 12.8. The monoisotopic (exact) mass is 321 g/mol. The van der Waals surface area contributed by atoms with Gasteiger partial charge in [-0.1, -0.05) is 71.8 Å². The average Bonchev–Trinajstić information content (AvgIpc) is 2.86. The molecule has 0 amide bonds. The van der Waals surface area contributed by atoms with E-state index in [0.717, 1.165) is 22.6 Å². The molecule has 23 heavy (non-hydrogen) atoms. The molecule has 1 heterocycles. The summed E-state index contributed by atoms with van der Waals surface area (Å²) in [6.45, 7) is 2.69. The Morgan fingerprint density at radius 2 is 1.78 bits per heavy atom. The molecular weight excluding hydrogens is 306 g/mol. The molecule has 3 nitrogen and oxygen atoms in total. The second-order valence-corrected chi connectivity index (χ2v) is 5.80. The highest BCUT2D eigenvalue weighted by molar-refractivity contribution is 6.30. The van der Waals surface area contributed by atoms with Crippen LogP contribution in [-0.4, -0.2) is 9.55 Å². The van der Waals surface area contributed by atoms with Crippen molar-refractivity contribution in [1.29, 1.82) is 5.26 Å². The number of rotatable bonds is 4. The largest absolute Gasteiger partial charge is 0.321 e. The Hall–Kier alpha value is -2.57. The minimum Gasteiger partial charge on any atom is -0.321 e. The van der Waals surface area contributed by atoms with Crippen LogP contribution >= 0.6 is 11.6 Å². The third-order valence-corrected chi connectivity index (χ3v) is 4.07. The first-order valence-corrected chi connectivity index (χ1v) is 7.79. The molecule has 0 radical (unpaired) electrons. The van der Waals surface area contributed by atoms with Crippen LogP contribution < -0.4 is 0 Å². The van der Waals surface area contributed by atoms with E-state index in [0.29, 0.717) is 11.7 Å². The Kier molecular flexibility index (Phi) is 4.45. The fourth-order valence-electron chi connectivity index (χ4n) is 2.56. The molecule has 0 saturated heterocycles. The van der Waals surface area contributed by atoms with E-state index in [1.54, 1.807) is 0 Å². The standard InChI is InChI=1S/C19H16ClN3/c1-14-7-9-16(10-8-14)19-22-18(20)17(11-12-21)23(19)13-15-5-3-2-4-6-15/h2-10H,11,13H2,1H3. The van der Waals surface area contributed by atoms with E-state index in [2.05, 4.69) is 35.3 Å². The first kappa shape index (κ1) is 15.3. The van der Waals surface area contributed by atoms with Crippen LogP contribution in [0.25, 0.3) is 11.4 Å². The van der Waals surface area contributed by atoms with Gasteiger partial charge in [0, 0.05) is 12.1 Å². The molecule has 114 valence electrons. The molecule has 0 spiro atoms. The van der Waals surface area contributed by atoms with Gasteiger partial charge in [-0.05, 0) is 12.5 Å². The van der Waals surface area contributed by atoms with Crippen LogP contribution in [0.4, 0.5) is 0 Å². The van der Waals surface area contributed by atoms with Crippen LogP contribution in [0.5, 0.6) is 0 Å². The molecule has 2 aromatic carbocycles. The summed E-state index contributed by atoms with van der Waals surface area (Å²) in [5.74, 6) is 0.795. The van der Waals surface area contributed by atoms with E-state index >= 15 is 0 Å². The summed E-state index contributed by atoms with van der Waals surface area (Å²) in [7, 11) is 0. The smallest absolute Gasteiger partial charge is 0.152 e. The minimum atomic E-state index is 0.241. The van der Waals surface area contributed by atoms with Gasteiger partial charge in [-0.25, -0.2) is 4.98 Å². The molecule has 3 aromatic rings. The molecule has 0 aliphatic heterocycles. The molecule has 0 bridgehead atoms. The second kappa shape index (κ2) is 6.68. The Morgan fingerprint density at radius 1 is 1.09 bits per heavy atom. The van der Waals surface area contributed by atoms with E-state index in [-0.39, 0.29) is 6.42 Å². The van der Waals surface area contributed by atoms with Crippen molar-refractivity contribution in [2.75, 3.05) is 0 Å². The van der Waals surface area contributed by atoms with Crippen molar-refractivity contribution in [1.82, 2.24) is 9.55 Å². The lowest BCUT2D eigenvalue weighted by molar-refractivity contribution is 0.767. The van der Waals surface area contributed by atoms with E-state index in [1.165, 1.54) is 5.56 Å². The number of hydrogen-bond acceptors (Lipinski definition) is 2. The second-order valence-electron chi connectivity index (χ2n) is 5.45. The van der Waals surface area contributed by atoms with Gasteiger partial charge in [0.1, 0.15) is 5.82 Å². The van der Waals surface area contributed by atoms with Crippen LogP contribution in [0.2, 0.25) is 5.15 Å². The van der Waals surface area contributed by atoms with Crippen LogP contribution in [0.3, 0.4) is 0 Å². The minimum absolute atomic E-state index is 0.241. The highest BCUT2D eigenvalue weighted by atomic mass is 35.5. The molecule has 4 heteroatoms. The number of imidazole rings is 1. The van der Waals surface area contributed by atoms with E-state index in [1.807, 2.05) is 41.8 Å². The van der Waals surface area contributed by atoms with Crippen molar-refractivity contribution in [2.45, 2.75) is 19.9 Å². The molecule has 0 atom stereocenters. The normalized spacial score (nSPS) is 10.5. The van der Waals surface area contributed by atoms with Gasteiger partial charge in [-0.3, -0.25) is 0 Å². The van der Waals surface area contributed by atoms with Crippen LogP contribution in [0.15, 0.2) is 54.6 Å². The Morgan fingerprint density at radius 3 is 2.43 bits per heavy atom. The van der Waals surface area contributed by atoms with Gasteiger partial charge in [0.2, 0.25) is 0 Å². The summed E-state index contributed by atoms with van der Waals surface area (Å²) < 4.78 is 2.03. The predicted octanol–water partition coefficient (Wildman–Crippen LogP) is 4.63. The molecule has 3 rings (SSSR count). The maximum Gasteiger partial charge on any atom is 0.152 e. The summed E-state index contributed by atoms with van der Waals surface area (Å²) in [6, 6.07) is 20.5. The number of halogens is 1. The van der Waals surface area contributed by atoms with Gasteiger partial charge in [-0.2, -0.15) is 5.26 Å². The number of aromatic nitrogens is 2. The topological polar surface area (TPSA) is 41.6 Å². The van der Waals surface area contributed by atoms with Gasteiger partial charge in [0.15, 0.2) is 5.15 Å². The van der Waals surface area contributed by atoms with Crippen LogP contribution in [-0.2, 0) is 13.0 Å². The molecule has 0 fully saturated rings. The van der Waals surface area contributed by atoms with E-state index < -0.39 is 0 Å². The van der Waals surface area contributed by atoms with Crippen LogP contribution in [0.1, 0.15) is 16.8 Å². The third-order valence-electron chi connectivity index (χ3n) is 3.76. The summed E-state index contributed by atoms with van der Waals surface area (Å²) in [5, 5.41) is 9.50. The highest BCUT2D eigenvalue weighted by Crippen LogP contribution is 2.27.